The van der Waals surface area contributed by atoms with Crippen molar-refractivity contribution in [3.63, 3.8) is 0 Å². The van der Waals surface area contributed by atoms with Gasteiger partial charge in [0.25, 0.3) is 11.8 Å². The summed E-state index contributed by atoms with van der Waals surface area (Å²) in [7, 11) is 0. The van der Waals surface area contributed by atoms with Crippen LogP contribution in [0.1, 0.15) is 138 Å². The number of nitrogens with one attached hydrogen (secondary N) is 2. The summed E-state index contributed by atoms with van der Waals surface area (Å²) >= 11 is 2.66. The summed E-state index contributed by atoms with van der Waals surface area (Å²) in [4.78, 5) is 107. The molecule has 4 bridgehead atoms. The van der Waals surface area contributed by atoms with Crippen molar-refractivity contribution < 1.29 is 58.0 Å². The Morgan fingerprint density at radius 2 is 1.00 bits per heavy atom. The predicted octanol–water partition coefficient (Wildman–Crippen LogP) is 12.4. The quantitative estimate of drug-likeness (QED) is 0.0957. The van der Waals surface area contributed by atoms with Gasteiger partial charge >= 0.3 is 12.2 Å². The van der Waals surface area contributed by atoms with Crippen LogP contribution in [0.4, 0.5) is 9.59 Å². The number of hydrogen-bond donors (Lipinski definition) is 7. The molecule has 2 aliphatic carbocycles. The molecule has 0 saturated heterocycles. The molecule has 91 heavy (non-hydrogen) atoms. The summed E-state index contributed by atoms with van der Waals surface area (Å²) < 4.78 is 10.9. The molecule has 0 spiro atoms. The average molecular weight is 1290 g/mol. The van der Waals surface area contributed by atoms with Crippen LogP contribution in [0.15, 0.2) is 165 Å². The molecule has 0 saturated carbocycles. The fourth-order valence-corrected chi connectivity index (χ4v) is 13.4. The molecular formula is C72H95N5O12S2. The number of Topliss-reactive ketones (excluding diaryl/α,β-unsaturated/α-hetero) is 4. The van der Waals surface area contributed by atoms with Crippen LogP contribution in [0.25, 0.3) is 11.1 Å². The van der Waals surface area contributed by atoms with Crippen LogP contribution in [-0.2, 0) is 38.2 Å². The molecule has 2 aromatic heterocycles. The molecule has 2 aromatic rings. The number of aliphatic hydroxyl groups excluding tert-OH is 2. The highest BCUT2D eigenvalue weighted by Gasteiger charge is 2.39. The molecule has 10 N–H and O–H groups in total. The number of nitrogens with two attached hydrogens (primary N) is 3. The lowest BCUT2D eigenvalue weighted by molar-refractivity contribution is -0.120. The van der Waals surface area contributed by atoms with Crippen LogP contribution in [0, 0.1) is 47.3 Å². The van der Waals surface area contributed by atoms with Crippen molar-refractivity contribution in [2.75, 3.05) is 6.54 Å². The number of amides is 4. The monoisotopic (exact) mass is 1290 g/mol. The smallest absolute Gasteiger partial charge is 0.405 e. The number of fused-ring (bicyclic) bond motifs is 4. The van der Waals surface area contributed by atoms with Crippen molar-refractivity contribution in [1.29, 1.82) is 0 Å². The van der Waals surface area contributed by atoms with E-state index >= 15 is 0 Å². The topological polar surface area (TPSA) is 298 Å². The first-order valence-corrected chi connectivity index (χ1v) is 32.7. The number of rotatable bonds is 8. The minimum absolute atomic E-state index is 0.0142. The van der Waals surface area contributed by atoms with Gasteiger partial charge in [-0.1, -0.05) is 128 Å². The Morgan fingerprint density at radius 3 is 1.37 bits per heavy atom. The maximum absolute atomic E-state index is 14.2. The van der Waals surface area contributed by atoms with Crippen LogP contribution >= 0.6 is 22.7 Å². The van der Waals surface area contributed by atoms with Crippen LogP contribution in [0.5, 0.6) is 0 Å². The van der Waals surface area contributed by atoms with E-state index in [1.165, 1.54) is 22.7 Å². The van der Waals surface area contributed by atoms with Gasteiger partial charge in [0.2, 0.25) is 11.6 Å². The molecule has 0 unspecified atom stereocenters. The van der Waals surface area contributed by atoms with Gasteiger partial charge in [-0.3, -0.25) is 28.8 Å². The lowest BCUT2D eigenvalue weighted by Crippen LogP contribution is -2.35. The Bertz CT molecular complexity index is 3350. The standard InChI is InChI=1S/C36H46N2O6S.C33H42N2O6S.C3H7N/c1-8-9-14-26-27-18-20(2)17-23(5)31(39)24(6)19-25(7)34(44-36(37)43)21(3)12-10-13-22(4)35(42)38-30(33(27)41)29(32(26)40)28-15-11-16-45-28;1-17-14-20(4)28(36)21(5)16-22(6)31(41-33(34)40)18(2)10-8-11-19(3)32(39)35-27-26(25-12-9-13-42-25)29(37)23(7)24(15-17)30(27)38;1-2-3-4/h8,10-13,15-16,19-21,23-24,31,34,39H,1,9,14,17-18H2,2-7H3,(H2,37,43)(H,38,42);8-13,16-18,20-21,28,31,36H,14-15H2,1-7H3,(H2,34,40)(H,35,39);2H,1,3-4H2/b12-10-,22-13+,25-19+;10-8-,19-11+,22-16+;/t20-,21-,23-,24-,31-,34+;17-,18-,20-,21-,28-,31+;/m00./s1. The first-order chi connectivity index (χ1) is 42.9. The Balaban J connectivity index is 0.000000367. The lowest BCUT2D eigenvalue weighted by Gasteiger charge is -2.29. The second-order valence-electron chi connectivity index (χ2n) is 24.6. The van der Waals surface area contributed by atoms with Crippen LogP contribution in [0.3, 0.4) is 0 Å². The Morgan fingerprint density at radius 1 is 0.604 bits per heavy atom. The van der Waals surface area contributed by atoms with E-state index in [1.807, 2.05) is 92.1 Å². The zero-order chi connectivity index (χ0) is 68.1. The number of aliphatic hydroxyl groups is 2. The molecule has 0 radical (unpaired) electrons. The van der Waals surface area contributed by atoms with Gasteiger partial charge in [-0.25, -0.2) is 9.59 Å². The minimum Gasteiger partial charge on any atom is -0.441 e. The number of carbonyl (C=O) groups excluding carboxylic acids is 8. The fraction of sp³-hybridized carbons (Fsp3) is 0.444. The van der Waals surface area contributed by atoms with Crippen LogP contribution < -0.4 is 27.8 Å². The maximum atomic E-state index is 14.2. The molecular weight excluding hydrogens is 1190 g/mol. The molecule has 4 aliphatic rings. The van der Waals surface area contributed by atoms with Crippen molar-refractivity contribution in [3.8, 4) is 0 Å². The van der Waals surface area contributed by atoms with Gasteiger partial charge in [-0.15, -0.1) is 35.8 Å². The second-order valence-corrected chi connectivity index (χ2v) is 26.5. The number of carbonyl (C=O) groups is 8. The van der Waals surface area contributed by atoms with Crippen molar-refractivity contribution in [3.05, 3.63) is 175 Å². The van der Waals surface area contributed by atoms with Gasteiger partial charge in [0.05, 0.1) is 23.4 Å². The zero-order valence-electron chi connectivity index (χ0n) is 55.1. The molecule has 0 fully saturated rings. The third kappa shape index (κ3) is 20.9. The Kier molecular flexibility index (Phi) is 29.8. The van der Waals surface area contributed by atoms with Gasteiger partial charge < -0.3 is 47.5 Å². The van der Waals surface area contributed by atoms with Gasteiger partial charge in [-0.2, -0.15) is 0 Å². The van der Waals surface area contributed by atoms with Crippen LogP contribution in [-0.4, -0.2) is 88.3 Å². The van der Waals surface area contributed by atoms with E-state index in [-0.39, 0.29) is 93.0 Å². The fourth-order valence-electron chi connectivity index (χ4n) is 11.9. The van der Waals surface area contributed by atoms with Crippen molar-refractivity contribution in [2.45, 2.75) is 153 Å². The molecule has 2 aliphatic heterocycles. The van der Waals surface area contributed by atoms with Gasteiger partial charge in [-0.05, 0) is 131 Å². The predicted molar refractivity (Wildman–Crippen MR) is 363 cm³/mol. The summed E-state index contributed by atoms with van der Waals surface area (Å²) in [6.45, 7) is 31.8. The maximum Gasteiger partial charge on any atom is 0.405 e. The molecule has 6 rings (SSSR count). The summed E-state index contributed by atoms with van der Waals surface area (Å²) in [5, 5.41) is 31.6. The highest BCUT2D eigenvalue weighted by molar-refractivity contribution is 7.12. The van der Waals surface area contributed by atoms with Crippen molar-refractivity contribution in [1.82, 2.24) is 10.6 Å². The summed E-state index contributed by atoms with van der Waals surface area (Å²) in [6, 6.07) is 7.13. The van der Waals surface area contributed by atoms with Crippen molar-refractivity contribution in [2.24, 2.45) is 64.5 Å². The first kappa shape index (κ1) is 75.8. The Labute approximate surface area is 545 Å². The first-order valence-electron chi connectivity index (χ1n) is 31.0. The third-order valence-electron chi connectivity index (χ3n) is 16.7. The summed E-state index contributed by atoms with van der Waals surface area (Å²) in [6.07, 6.45) is 15.5. The van der Waals surface area contributed by atoms with Gasteiger partial charge in [0.15, 0.2) is 11.6 Å². The molecule has 0 aromatic carbocycles. The van der Waals surface area contributed by atoms with Gasteiger partial charge in [0, 0.05) is 73.4 Å². The van der Waals surface area contributed by atoms with E-state index in [4.69, 9.17) is 26.7 Å². The third-order valence-corrected chi connectivity index (χ3v) is 18.5. The van der Waals surface area contributed by atoms with Crippen LogP contribution in [0.2, 0.25) is 0 Å². The molecule has 19 heteroatoms. The van der Waals surface area contributed by atoms with E-state index < -0.39 is 48.4 Å². The molecule has 12 atom stereocenters. The second kappa shape index (κ2) is 35.8. The van der Waals surface area contributed by atoms with E-state index in [9.17, 15) is 48.6 Å². The molecule has 17 nitrogen and oxygen atoms in total. The zero-order valence-corrected chi connectivity index (χ0v) is 56.7. The van der Waals surface area contributed by atoms with Gasteiger partial charge in [0.1, 0.15) is 23.6 Å². The summed E-state index contributed by atoms with van der Waals surface area (Å²) in [5.74, 6) is -3.79. The summed E-state index contributed by atoms with van der Waals surface area (Å²) in [5.41, 5.74) is 19.8. The number of allylic oxidation sites excluding steroid dienone is 11. The van der Waals surface area contributed by atoms with Crippen molar-refractivity contribution >= 4 is 81.0 Å². The highest BCUT2D eigenvalue weighted by Crippen LogP contribution is 2.40. The van der Waals surface area contributed by atoms with E-state index in [0.29, 0.717) is 88.3 Å². The Hall–Kier alpha value is -7.68. The average Bonchev–Trinajstić information content (AvgIpc) is 1.05. The number of primary amides is 2. The molecule has 492 valence electrons. The number of ketones is 4. The highest BCUT2D eigenvalue weighted by atomic mass is 32.1. The number of hydrogen-bond acceptors (Lipinski definition) is 15. The largest absolute Gasteiger partial charge is 0.441 e. The number of ether oxygens (including phenoxy) is 2. The number of thiophene rings is 2. The van der Waals surface area contributed by atoms with E-state index in [2.05, 4.69) is 23.8 Å². The molecule has 4 amide bonds. The normalized spacial score (nSPS) is 30.2. The lowest BCUT2D eigenvalue weighted by atomic mass is 9.78. The van der Waals surface area contributed by atoms with E-state index in [0.717, 1.165) is 11.1 Å². The SMILES string of the molecule is C=CCCC1=C2C[C@@H](C)C[C@H](C)[C@H](O)[C@@H](C)/C=C(\C)[C@H](OC(N)=O)[C@@H](C)/C=C\C=C(/C)C(=O)NC(=C(c3cccs3)C1=O)C2=O.C=CCN.CC1=C2C[C@@H](C)C[C@H](C)[C@H](O)[C@@H](C)/C=C(\C)[C@H](OC(N)=O)[C@@H](C)/C=C\C=C(/C)C(=O)NC(=C(c3cccs3)C1=O)C2=O. The minimum atomic E-state index is -0.908. The van der Waals surface area contributed by atoms with E-state index in [1.54, 1.807) is 93.6 Å². The molecule has 4 heterocycles.